The van der Waals surface area contributed by atoms with Gasteiger partial charge in [0.05, 0.1) is 22.9 Å². The fraction of sp³-hybridized carbons (Fsp3) is 0.696. The summed E-state index contributed by atoms with van der Waals surface area (Å²) in [7, 11) is -2.22. The first-order chi connectivity index (χ1) is 14.8. The van der Waals surface area contributed by atoms with Gasteiger partial charge >= 0.3 is 0 Å². The molecule has 1 saturated heterocycles. The summed E-state index contributed by atoms with van der Waals surface area (Å²) < 4.78 is 33.0. The van der Waals surface area contributed by atoms with E-state index in [2.05, 4.69) is 5.32 Å². The Morgan fingerprint density at radius 3 is 2.39 bits per heavy atom. The summed E-state index contributed by atoms with van der Waals surface area (Å²) in [5, 5.41) is 3.69. The van der Waals surface area contributed by atoms with Crippen LogP contribution in [0.1, 0.15) is 51.4 Å². The number of halogens is 1. The number of hydrogen-bond acceptors (Lipinski definition) is 4. The lowest BCUT2D eigenvalue weighted by molar-refractivity contribution is -0.131. The number of ether oxygens (including phenoxy) is 1. The topological polar surface area (TPSA) is 75.7 Å². The summed E-state index contributed by atoms with van der Waals surface area (Å²) >= 11 is 6.15. The van der Waals surface area contributed by atoms with E-state index in [0.717, 1.165) is 43.4 Å². The largest absolute Gasteiger partial charge is 0.495 e. The fourth-order valence-corrected chi connectivity index (χ4v) is 8.83. The second-order valence-corrected chi connectivity index (χ2v) is 12.5. The van der Waals surface area contributed by atoms with Gasteiger partial charge in [0.1, 0.15) is 5.75 Å². The van der Waals surface area contributed by atoms with E-state index >= 15 is 0 Å². The first-order valence-corrected chi connectivity index (χ1v) is 13.3. The standard InChI is InChI=1S/C23H31ClN2O4S/c1-30-21-5-4-19(10-20(21)24)31(28,29)26-6-2-3-18(14-26)22(27)25-23-11-15-7-16(12-23)9-17(8-15)13-23/h4-5,10,15-18H,2-3,6-9,11-14H2,1H3,(H,25,27). The molecule has 4 aliphatic carbocycles. The number of carbonyl (C=O) groups excluding carboxylic acids is 1. The Labute approximate surface area is 189 Å². The summed E-state index contributed by atoms with van der Waals surface area (Å²) in [6.45, 7) is 0.650. The zero-order chi connectivity index (χ0) is 21.8. The summed E-state index contributed by atoms with van der Waals surface area (Å²) in [5.41, 5.74) is -0.0451. The molecule has 1 heterocycles. The Bertz CT molecular complexity index is 945. The van der Waals surface area contributed by atoms with E-state index in [1.165, 1.54) is 42.8 Å². The molecule has 0 aromatic heterocycles. The average Bonchev–Trinajstić information content (AvgIpc) is 2.72. The second-order valence-electron chi connectivity index (χ2n) is 10.2. The van der Waals surface area contributed by atoms with Gasteiger partial charge in [-0.05, 0) is 87.3 Å². The molecular weight excluding hydrogens is 436 g/mol. The third-order valence-corrected chi connectivity index (χ3v) is 10.1. The summed E-state index contributed by atoms with van der Waals surface area (Å²) in [5.74, 6) is 2.45. The van der Waals surface area contributed by atoms with Crippen LogP contribution in [0.4, 0.5) is 0 Å². The SMILES string of the molecule is COc1ccc(S(=O)(=O)N2CCCC(C(=O)NC34CC5CC(CC(C5)C3)C4)C2)cc1Cl. The minimum atomic E-state index is -3.72. The van der Waals surface area contributed by atoms with Gasteiger partial charge in [-0.3, -0.25) is 4.79 Å². The molecule has 1 atom stereocenters. The molecule has 1 amide bonds. The number of nitrogens with one attached hydrogen (secondary N) is 1. The summed E-state index contributed by atoms with van der Waals surface area (Å²) in [6.07, 6.45) is 8.70. The van der Waals surface area contributed by atoms with Crippen molar-refractivity contribution in [2.45, 2.75) is 61.8 Å². The van der Waals surface area contributed by atoms with Crippen molar-refractivity contribution >= 4 is 27.5 Å². The molecule has 0 spiro atoms. The molecule has 6 rings (SSSR count). The zero-order valence-corrected chi connectivity index (χ0v) is 19.6. The third kappa shape index (κ3) is 3.98. The van der Waals surface area contributed by atoms with E-state index in [1.54, 1.807) is 6.07 Å². The molecule has 1 aliphatic heterocycles. The Hall–Kier alpha value is -1.31. The molecule has 0 radical (unpaired) electrons. The molecule has 4 saturated carbocycles. The van der Waals surface area contributed by atoms with Crippen LogP contribution in [0, 0.1) is 23.7 Å². The van der Waals surface area contributed by atoms with E-state index in [4.69, 9.17) is 16.3 Å². The molecule has 1 aromatic carbocycles. The monoisotopic (exact) mass is 466 g/mol. The lowest BCUT2D eigenvalue weighted by Crippen LogP contribution is -2.61. The van der Waals surface area contributed by atoms with Crippen molar-refractivity contribution in [1.82, 2.24) is 9.62 Å². The van der Waals surface area contributed by atoms with Crippen LogP contribution < -0.4 is 10.1 Å². The molecular formula is C23H31ClN2O4S. The van der Waals surface area contributed by atoms with Gasteiger partial charge in [-0.25, -0.2) is 8.42 Å². The van der Waals surface area contributed by atoms with Crippen LogP contribution in [-0.4, -0.2) is 44.4 Å². The van der Waals surface area contributed by atoms with E-state index in [0.29, 0.717) is 18.7 Å². The maximum atomic E-state index is 13.3. The predicted molar refractivity (Wildman–Crippen MR) is 119 cm³/mol. The van der Waals surface area contributed by atoms with Gasteiger partial charge in [0, 0.05) is 18.6 Å². The highest BCUT2D eigenvalue weighted by atomic mass is 35.5. The van der Waals surface area contributed by atoms with Crippen LogP contribution in [0.5, 0.6) is 5.75 Å². The van der Waals surface area contributed by atoms with Crippen LogP contribution >= 0.6 is 11.6 Å². The van der Waals surface area contributed by atoms with Crippen molar-refractivity contribution < 1.29 is 17.9 Å². The number of amides is 1. The maximum Gasteiger partial charge on any atom is 0.243 e. The first kappa shape index (κ1) is 21.5. The highest BCUT2D eigenvalue weighted by Crippen LogP contribution is 2.55. The van der Waals surface area contributed by atoms with E-state index < -0.39 is 10.0 Å². The fourth-order valence-electron chi connectivity index (χ4n) is 6.96. The van der Waals surface area contributed by atoms with Crippen LogP contribution in [0.2, 0.25) is 5.02 Å². The van der Waals surface area contributed by atoms with Gasteiger partial charge in [-0.2, -0.15) is 4.31 Å². The molecule has 8 heteroatoms. The smallest absolute Gasteiger partial charge is 0.243 e. The number of carbonyl (C=O) groups is 1. The maximum absolute atomic E-state index is 13.3. The second kappa shape index (κ2) is 7.92. The predicted octanol–water partition coefficient (Wildman–Crippen LogP) is 3.83. The number of sulfonamides is 1. The third-order valence-electron chi connectivity index (χ3n) is 7.94. The van der Waals surface area contributed by atoms with E-state index in [1.807, 2.05) is 0 Å². The Morgan fingerprint density at radius 1 is 1.16 bits per heavy atom. The van der Waals surface area contributed by atoms with Gasteiger partial charge in [0.25, 0.3) is 0 Å². The van der Waals surface area contributed by atoms with Crippen molar-refractivity contribution in [2.24, 2.45) is 23.7 Å². The van der Waals surface area contributed by atoms with Crippen LogP contribution in [0.15, 0.2) is 23.1 Å². The van der Waals surface area contributed by atoms with Crippen molar-refractivity contribution in [3.8, 4) is 5.75 Å². The zero-order valence-electron chi connectivity index (χ0n) is 18.0. The van der Waals surface area contributed by atoms with E-state index in [9.17, 15) is 13.2 Å². The van der Waals surface area contributed by atoms with Crippen LogP contribution in [0.25, 0.3) is 0 Å². The van der Waals surface area contributed by atoms with Crippen molar-refractivity contribution in [1.29, 1.82) is 0 Å². The summed E-state index contributed by atoms with van der Waals surface area (Å²) in [4.78, 5) is 13.4. The van der Waals surface area contributed by atoms with Gasteiger partial charge < -0.3 is 10.1 Å². The lowest BCUT2D eigenvalue weighted by Gasteiger charge is -2.57. The molecule has 1 unspecified atom stereocenters. The minimum Gasteiger partial charge on any atom is -0.495 e. The minimum absolute atomic E-state index is 0.0367. The number of piperidine rings is 1. The molecule has 4 bridgehead atoms. The van der Waals surface area contributed by atoms with Crippen LogP contribution in [-0.2, 0) is 14.8 Å². The van der Waals surface area contributed by atoms with Gasteiger partial charge in [0.15, 0.2) is 0 Å². The highest BCUT2D eigenvalue weighted by Gasteiger charge is 2.52. The molecule has 1 N–H and O–H groups in total. The molecule has 1 aromatic rings. The van der Waals surface area contributed by atoms with Crippen molar-refractivity contribution in [2.75, 3.05) is 20.2 Å². The Balaban J connectivity index is 1.29. The summed E-state index contributed by atoms with van der Waals surface area (Å²) in [6, 6.07) is 4.50. The van der Waals surface area contributed by atoms with Gasteiger partial charge in [0.2, 0.25) is 15.9 Å². The molecule has 6 nitrogen and oxygen atoms in total. The van der Waals surface area contributed by atoms with Gasteiger partial charge in [-0.15, -0.1) is 0 Å². The van der Waals surface area contributed by atoms with Crippen molar-refractivity contribution in [3.05, 3.63) is 23.2 Å². The number of rotatable bonds is 5. The highest BCUT2D eigenvalue weighted by molar-refractivity contribution is 7.89. The van der Waals surface area contributed by atoms with Gasteiger partial charge in [-0.1, -0.05) is 11.6 Å². The van der Waals surface area contributed by atoms with E-state index in [-0.39, 0.29) is 33.8 Å². The Kier molecular flexibility index (Phi) is 5.50. The number of methoxy groups -OCH3 is 1. The van der Waals surface area contributed by atoms with Crippen LogP contribution in [0.3, 0.4) is 0 Å². The Morgan fingerprint density at radius 2 is 1.81 bits per heavy atom. The van der Waals surface area contributed by atoms with Crippen molar-refractivity contribution in [3.63, 3.8) is 0 Å². The number of hydrogen-bond donors (Lipinski definition) is 1. The number of nitrogens with zero attached hydrogens (tertiary/aromatic N) is 1. The lowest BCUT2D eigenvalue weighted by atomic mass is 9.53. The normalized spacial score (nSPS) is 35.2. The average molecular weight is 467 g/mol. The first-order valence-electron chi connectivity index (χ1n) is 11.4. The quantitative estimate of drug-likeness (QED) is 0.715. The molecule has 5 fully saturated rings. The molecule has 170 valence electrons. The number of benzene rings is 1. The molecule has 31 heavy (non-hydrogen) atoms. The molecule has 5 aliphatic rings.